The summed E-state index contributed by atoms with van der Waals surface area (Å²) < 4.78 is 0. The van der Waals surface area contributed by atoms with Gasteiger partial charge in [0.1, 0.15) is 6.04 Å². The van der Waals surface area contributed by atoms with E-state index >= 15 is 0 Å². The van der Waals surface area contributed by atoms with Gasteiger partial charge < -0.3 is 25.5 Å². The molecule has 2 heterocycles. The second-order valence-corrected chi connectivity index (χ2v) is 10.5. The normalized spacial score (nSPS) is 17.1. The predicted molar refractivity (Wildman–Crippen MR) is 146 cm³/mol. The first kappa shape index (κ1) is 28.6. The van der Waals surface area contributed by atoms with Crippen molar-refractivity contribution in [3.63, 3.8) is 0 Å². The largest absolute Gasteiger partial charge is 0.390 e. The molecule has 3 amide bonds. The first-order valence-electron chi connectivity index (χ1n) is 13.5. The Morgan fingerprint density at radius 3 is 2.43 bits per heavy atom. The molecule has 0 saturated carbocycles. The van der Waals surface area contributed by atoms with E-state index in [1.54, 1.807) is 22.2 Å². The zero-order valence-electron chi connectivity index (χ0n) is 22.6. The fraction of sp³-hybridized carbons (Fsp3) is 0.552. The zero-order chi connectivity index (χ0) is 26.8. The second kappa shape index (κ2) is 14.1. The summed E-state index contributed by atoms with van der Waals surface area (Å²) in [6.45, 7) is 11.0. The Morgan fingerprint density at radius 1 is 1.05 bits per heavy atom. The van der Waals surface area contributed by atoms with E-state index in [9.17, 15) is 14.7 Å². The standard InChI is InChI=1S/C29H43N5O3/c1-5-22(4)27(34-15-14-33(29(34)37)20-24-12-9-13-30-18-24)28(36)32-25(16-23-10-7-6-8-11-23)26(35)19-31-17-21(2)3/h6-13,18,21-22,25-27,31,35H,5,14-17,19-20H2,1-4H3,(H,32,36)/t22-,25-,26-,27-/m0/s1. The number of hydrogen-bond donors (Lipinski definition) is 3. The van der Waals surface area contributed by atoms with Gasteiger partial charge in [0.25, 0.3) is 0 Å². The highest BCUT2D eigenvalue weighted by Gasteiger charge is 2.40. The van der Waals surface area contributed by atoms with Crippen LogP contribution in [-0.2, 0) is 17.8 Å². The quantitative estimate of drug-likeness (QED) is 0.364. The van der Waals surface area contributed by atoms with E-state index in [-0.39, 0.29) is 17.9 Å². The third-order valence-electron chi connectivity index (χ3n) is 7.01. The van der Waals surface area contributed by atoms with Crippen LogP contribution in [0.5, 0.6) is 0 Å². The zero-order valence-corrected chi connectivity index (χ0v) is 22.6. The van der Waals surface area contributed by atoms with Crippen molar-refractivity contribution < 1.29 is 14.7 Å². The average molecular weight is 510 g/mol. The number of urea groups is 1. The Hall–Kier alpha value is -2.97. The van der Waals surface area contributed by atoms with Gasteiger partial charge in [-0.2, -0.15) is 0 Å². The number of hydrogen-bond acceptors (Lipinski definition) is 5. The molecule has 4 atom stereocenters. The molecule has 1 aromatic carbocycles. The lowest BCUT2D eigenvalue weighted by atomic mass is 9.95. The first-order chi connectivity index (χ1) is 17.8. The molecule has 1 saturated heterocycles. The van der Waals surface area contributed by atoms with E-state index < -0.39 is 18.2 Å². The fourth-order valence-corrected chi connectivity index (χ4v) is 4.73. The summed E-state index contributed by atoms with van der Waals surface area (Å²) in [6, 6.07) is 12.5. The molecule has 1 fully saturated rings. The van der Waals surface area contributed by atoms with Crippen molar-refractivity contribution in [3.05, 3.63) is 66.0 Å². The predicted octanol–water partition coefficient (Wildman–Crippen LogP) is 3.07. The van der Waals surface area contributed by atoms with Crippen molar-refractivity contribution in [3.8, 4) is 0 Å². The van der Waals surface area contributed by atoms with E-state index in [1.807, 2.05) is 56.3 Å². The SMILES string of the molecule is CC[C@H](C)[C@@H](C(=O)N[C@@H](Cc1ccccc1)[C@@H](O)CNCC(C)C)N1CCN(Cc2cccnc2)C1=O. The number of benzene rings is 1. The highest BCUT2D eigenvalue weighted by atomic mass is 16.3. The molecule has 8 heteroatoms. The first-order valence-corrected chi connectivity index (χ1v) is 13.5. The van der Waals surface area contributed by atoms with Crippen molar-refractivity contribution in [2.75, 3.05) is 26.2 Å². The number of rotatable bonds is 14. The number of amides is 3. The Balaban J connectivity index is 1.74. The van der Waals surface area contributed by atoms with Gasteiger partial charge in [-0.25, -0.2) is 4.79 Å². The molecule has 0 bridgehead atoms. The molecule has 8 nitrogen and oxygen atoms in total. The van der Waals surface area contributed by atoms with Crippen LogP contribution >= 0.6 is 0 Å². The smallest absolute Gasteiger partial charge is 0.321 e. The molecular formula is C29H43N5O3. The Labute approximate surface area is 221 Å². The molecule has 0 aliphatic carbocycles. The molecule has 1 aromatic heterocycles. The monoisotopic (exact) mass is 509 g/mol. The maximum absolute atomic E-state index is 13.8. The van der Waals surface area contributed by atoms with Crippen LogP contribution in [0.25, 0.3) is 0 Å². The molecule has 0 unspecified atom stereocenters. The van der Waals surface area contributed by atoms with E-state index in [0.717, 1.165) is 24.1 Å². The Morgan fingerprint density at radius 2 is 1.78 bits per heavy atom. The Bertz CT molecular complexity index is 972. The summed E-state index contributed by atoms with van der Waals surface area (Å²) in [6.07, 6.45) is 3.97. The fourth-order valence-electron chi connectivity index (χ4n) is 4.73. The molecule has 3 rings (SSSR count). The van der Waals surface area contributed by atoms with Gasteiger partial charge in [-0.05, 0) is 42.0 Å². The van der Waals surface area contributed by atoms with Gasteiger partial charge in [0.05, 0.1) is 12.1 Å². The minimum Gasteiger partial charge on any atom is -0.390 e. The third kappa shape index (κ3) is 8.27. The molecule has 3 N–H and O–H groups in total. The van der Waals surface area contributed by atoms with Crippen molar-refractivity contribution in [1.82, 2.24) is 25.4 Å². The highest BCUT2D eigenvalue weighted by molar-refractivity contribution is 5.88. The van der Waals surface area contributed by atoms with Crippen molar-refractivity contribution >= 4 is 11.9 Å². The van der Waals surface area contributed by atoms with Gasteiger partial charge in [0.2, 0.25) is 5.91 Å². The number of aliphatic hydroxyl groups excluding tert-OH is 1. The number of nitrogens with zero attached hydrogens (tertiary/aromatic N) is 3. The lowest BCUT2D eigenvalue weighted by molar-refractivity contribution is -0.128. The third-order valence-corrected chi connectivity index (χ3v) is 7.01. The van der Waals surface area contributed by atoms with E-state index in [4.69, 9.17) is 0 Å². The maximum atomic E-state index is 13.8. The van der Waals surface area contributed by atoms with E-state index in [0.29, 0.717) is 38.5 Å². The van der Waals surface area contributed by atoms with Crippen LogP contribution in [-0.4, -0.2) is 76.2 Å². The van der Waals surface area contributed by atoms with Crippen molar-refractivity contribution in [1.29, 1.82) is 0 Å². The highest BCUT2D eigenvalue weighted by Crippen LogP contribution is 2.22. The van der Waals surface area contributed by atoms with Gasteiger partial charge >= 0.3 is 6.03 Å². The number of carbonyl (C=O) groups excluding carboxylic acids is 2. The van der Waals surface area contributed by atoms with Gasteiger partial charge in [-0.1, -0.05) is 70.5 Å². The van der Waals surface area contributed by atoms with Crippen LogP contribution in [0.2, 0.25) is 0 Å². The molecule has 0 spiro atoms. The maximum Gasteiger partial charge on any atom is 0.321 e. The van der Waals surface area contributed by atoms with Gasteiger partial charge in [-0.3, -0.25) is 9.78 Å². The minimum absolute atomic E-state index is 0.0316. The van der Waals surface area contributed by atoms with Gasteiger partial charge in [0.15, 0.2) is 0 Å². The lowest BCUT2D eigenvalue weighted by Crippen LogP contribution is -2.57. The van der Waals surface area contributed by atoms with Crippen LogP contribution in [0, 0.1) is 11.8 Å². The molecule has 37 heavy (non-hydrogen) atoms. The van der Waals surface area contributed by atoms with Crippen LogP contribution < -0.4 is 10.6 Å². The summed E-state index contributed by atoms with van der Waals surface area (Å²) in [5.41, 5.74) is 2.00. The molecule has 1 aliphatic rings. The summed E-state index contributed by atoms with van der Waals surface area (Å²) in [5.74, 6) is 0.214. The number of aromatic nitrogens is 1. The summed E-state index contributed by atoms with van der Waals surface area (Å²) in [4.78, 5) is 34.8. The van der Waals surface area contributed by atoms with Crippen LogP contribution in [0.1, 0.15) is 45.2 Å². The summed E-state index contributed by atoms with van der Waals surface area (Å²) in [5, 5.41) is 17.5. The van der Waals surface area contributed by atoms with Gasteiger partial charge in [0, 0.05) is 38.6 Å². The Kier molecular flexibility index (Phi) is 10.9. The molecule has 202 valence electrons. The topological polar surface area (TPSA) is 97.8 Å². The molecule has 0 radical (unpaired) electrons. The molecular weight excluding hydrogens is 466 g/mol. The molecule has 1 aliphatic heterocycles. The van der Waals surface area contributed by atoms with E-state index in [1.165, 1.54) is 0 Å². The van der Waals surface area contributed by atoms with Gasteiger partial charge in [-0.15, -0.1) is 0 Å². The average Bonchev–Trinajstić information content (AvgIpc) is 3.23. The number of pyridine rings is 1. The number of nitrogens with one attached hydrogen (secondary N) is 2. The van der Waals surface area contributed by atoms with Crippen LogP contribution in [0.4, 0.5) is 4.79 Å². The summed E-state index contributed by atoms with van der Waals surface area (Å²) >= 11 is 0. The molecule has 2 aromatic rings. The number of aliphatic hydroxyl groups is 1. The van der Waals surface area contributed by atoms with Crippen LogP contribution in [0.3, 0.4) is 0 Å². The number of carbonyl (C=O) groups is 2. The van der Waals surface area contributed by atoms with Crippen molar-refractivity contribution in [2.45, 2.75) is 65.3 Å². The minimum atomic E-state index is -0.767. The lowest BCUT2D eigenvalue weighted by Gasteiger charge is -2.34. The second-order valence-electron chi connectivity index (χ2n) is 10.5. The van der Waals surface area contributed by atoms with E-state index in [2.05, 4.69) is 29.5 Å². The van der Waals surface area contributed by atoms with Crippen LogP contribution in [0.15, 0.2) is 54.9 Å². The summed E-state index contributed by atoms with van der Waals surface area (Å²) in [7, 11) is 0. The van der Waals surface area contributed by atoms with Crippen molar-refractivity contribution in [2.24, 2.45) is 11.8 Å².